The van der Waals surface area contributed by atoms with Crippen molar-refractivity contribution in [1.82, 2.24) is 15.1 Å². The van der Waals surface area contributed by atoms with E-state index in [0.29, 0.717) is 42.4 Å². The van der Waals surface area contributed by atoms with Crippen LogP contribution in [0.15, 0.2) is 36.4 Å². The third kappa shape index (κ3) is 3.92. The Kier molecular flexibility index (Phi) is 5.79. The van der Waals surface area contributed by atoms with Gasteiger partial charge >= 0.3 is 0 Å². The number of likely N-dealkylation sites (tertiary alicyclic amines) is 1. The van der Waals surface area contributed by atoms with Crippen molar-refractivity contribution in [2.75, 3.05) is 26.2 Å². The van der Waals surface area contributed by atoms with Crippen molar-refractivity contribution in [2.24, 2.45) is 0 Å². The quantitative estimate of drug-likeness (QED) is 0.538. The summed E-state index contributed by atoms with van der Waals surface area (Å²) in [5, 5.41) is 4.43. The summed E-state index contributed by atoms with van der Waals surface area (Å²) in [6.45, 7) is 2.19. The zero-order valence-electron chi connectivity index (χ0n) is 16.9. The van der Waals surface area contributed by atoms with Gasteiger partial charge in [0.05, 0.1) is 0 Å². The van der Waals surface area contributed by atoms with Gasteiger partial charge in [-0.15, -0.1) is 0 Å². The van der Waals surface area contributed by atoms with E-state index in [2.05, 4.69) is 5.32 Å². The third-order valence-corrected chi connectivity index (χ3v) is 5.74. The molecular weight excluding hydrogens is 382 g/mol. The Labute approximate surface area is 175 Å². The molecule has 0 unspecified atom stereocenters. The number of rotatable bonds is 8. The van der Waals surface area contributed by atoms with Crippen molar-refractivity contribution in [2.45, 2.75) is 32.1 Å². The number of nitrogens with zero attached hydrogens (tertiary/aromatic N) is 2. The molecule has 1 saturated heterocycles. The number of hydrogen-bond acceptors (Lipinski definition) is 4. The van der Waals surface area contributed by atoms with E-state index < -0.39 is 0 Å². The Balaban J connectivity index is 1.26. The summed E-state index contributed by atoms with van der Waals surface area (Å²) in [6.07, 6.45) is 2.91. The van der Waals surface area contributed by atoms with Gasteiger partial charge in [0.15, 0.2) is 0 Å². The number of carbonyl (C=O) groups is 4. The monoisotopic (exact) mass is 407 g/mol. The van der Waals surface area contributed by atoms with E-state index in [1.165, 1.54) is 4.90 Å². The first-order valence-electron chi connectivity index (χ1n) is 10.5. The summed E-state index contributed by atoms with van der Waals surface area (Å²) in [5.41, 5.74) is 1.06. The van der Waals surface area contributed by atoms with E-state index in [1.54, 1.807) is 12.1 Å². The maximum atomic E-state index is 12.8. The lowest BCUT2D eigenvalue weighted by atomic mass is 9.94. The van der Waals surface area contributed by atoms with Gasteiger partial charge in [-0.3, -0.25) is 24.1 Å². The van der Waals surface area contributed by atoms with E-state index in [9.17, 15) is 19.2 Å². The minimum Gasteiger partial charge on any atom is -0.356 e. The average molecular weight is 407 g/mol. The fourth-order valence-corrected chi connectivity index (χ4v) is 4.21. The lowest BCUT2D eigenvalue weighted by Crippen LogP contribution is -2.41. The fourth-order valence-electron chi connectivity index (χ4n) is 4.21. The molecule has 2 aliphatic rings. The molecular formula is C23H25N3O4. The highest BCUT2D eigenvalue weighted by Crippen LogP contribution is 2.30. The second-order valence-corrected chi connectivity index (χ2v) is 7.76. The maximum absolute atomic E-state index is 12.8. The van der Waals surface area contributed by atoms with Crippen molar-refractivity contribution in [3.05, 3.63) is 47.5 Å². The highest BCUT2D eigenvalue weighted by Gasteiger charge is 2.32. The minimum absolute atomic E-state index is 0.109. The molecule has 1 N–H and O–H groups in total. The number of hydrogen-bond donors (Lipinski definition) is 1. The molecule has 4 amide bonds. The molecule has 0 spiro atoms. The lowest BCUT2D eigenvalue weighted by Gasteiger charge is -2.27. The van der Waals surface area contributed by atoms with Crippen molar-refractivity contribution < 1.29 is 19.2 Å². The molecule has 0 saturated carbocycles. The third-order valence-electron chi connectivity index (χ3n) is 5.74. The normalized spacial score (nSPS) is 15.9. The van der Waals surface area contributed by atoms with Crippen LogP contribution in [0.5, 0.6) is 0 Å². The molecule has 4 rings (SSSR count). The highest BCUT2D eigenvalue weighted by molar-refractivity contribution is 6.25. The second kappa shape index (κ2) is 8.65. The van der Waals surface area contributed by atoms with Crippen LogP contribution in [0, 0.1) is 0 Å². The van der Waals surface area contributed by atoms with Crippen LogP contribution in [0.4, 0.5) is 0 Å². The van der Waals surface area contributed by atoms with E-state index in [1.807, 2.05) is 29.2 Å². The van der Waals surface area contributed by atoms with Gasteiger partial charge in [0.25, 0.3) is 11.8 Å². The van der Waals surface area contributed by atoms with Gasteiger partial charge in [-0.2, -0.15) is 0 Å². The van der Waals surface area contributed by atoms with Gasteiger partial charge < -0.3 is 10.2 Å². The first-order chi connectivity index (χ1) is 14.6. The predicted octanol–water partition coefficient (Wildman–Crippen LogP) is 2.34. The van der Waals surface area contributed by atoms with Crippen LogP contribution < -0.4 is 5.32 Å². The molecule has 0 radical (unpaired) electrons. The largest absolute Gasteiger partial charge is 0.356 e. The molecule has 0 aromatic heterocycles. The molecule has 156 valence electrons. The molecule has 7 heteroatoms. The van der Waals surface area contributed by atoms with E-state index >= 15 is 0 Å². The van der Waals surface area contributed by atoms with Gasteiger partial charge in [0.1, 0.15) is 0 Å². The van der Waals surface area contributed by atoms with Crippen LogP contribution in [-0.4, -0.2) is 59.6 Å². The summed E-state index contributed by atoms with van der Waals surface area (Å²) < 4.78 is 0. The summed E-state index contributed by atoms with van der Waals surface area (Å²) in [4.78, 5) is 52.4. The summed E-state index contributed by atoms with van der Waals surface area (Å²) in [7, 11) is 0. The van der Waals surface area contributed by atoms with Crippen molar-refractivity contribution in [1.29, 1.82) is 0 Å². The minimum atomic E-state index is -0.306. The molecule has 7 nitrogen and oxygen atoms in total. The van der Waals surface area contributed by atoms with Crippen LogP contribution >= 0.6 is 0 Å². The van der Waals surface area contributed by atoms with Crippen LogP contribution in [0.25, 0.3) is 10.8 Å². The molecule has 2 aromatic carbocycles. The molecule has 1 fully saturated rings. The number of imide groups is 1. The molecule has 30 heavy (non-hydrogen) atoms. The van der Waals surface area contributed by atoms with Gasteiger partial charge in [0.2, 0.25) is 11.8 Å². The zero-order valence-corrected chi connectivity index (χ0v) is 16.9. The number of nitrogens with one attached hydrogen (secondary N) is 1. The Morgan fingerprint density at radius 3 is 2.27 bits per heavy atom. The Morgan fingerprint density at radius 1 is 0.933 bits per heavy atom. The Hall–Kier alpha value is -3.22. The Bertz CT molecular complexity index is 966. The molecule has 0 atom stereocenters. The van der Waals surface area contributed by atoms with Gasteiger partial charge in [-0.1, -0.05) is 24.3 Å². The van der Waals surface area contributed by atoms with E-state index in [0.717, 1.165) is 24.8 Å². The van der Waals surface area contributed by atoms with E-state index in [-0.39, 0.29) is 36.6 Å². The Morgan fingerprint density at radius 2 is 1.63 bits per heavy atom. The summed E-state index contributed by atoms with van der Waals surface area (Å²) in [5.74, 6) is -0.531. The molecule has 2 aliphatic heterocycles. The van der Waals surface area contributed by atoms with E-state index in [4.69, 9.17) is 0 Å². The van der Waals surface area contributed by atoms with Gasteiger partial charge in [0, 0.05) is 55.5 Å². The van der Waals surface area contributed by atoms with Crippen molar-refractivity contribution >= 4 is 34.4 Å². The average Bonchev–Trinajstić information content (AvgIpc) is 3.16. The van der Waals surface area contributed by atoms with Crippen LogP contribution in [0.1, 0.15) is 52.8 Å². The van der Waals surface area contributed by atoms with Crippen LogP contribution in [0.2, 0.25) is 0 Å². The highest BCUT2D eigenvalue weighted by atomic mass is 16.2. The number of carbonyl (C=O) groups excluding carboxylic acids is 4. The van der Waals surface area contributed by atoms with Crippen molar-refractivity contribution in [3.8, 4) is 0 Å². The zero-order chi connectivity index (χ0) is 21.1. The maximum Gasteiger partial charge on any atom is 0.261 e. The number of benzene rings is 2. The topological polar surface area (TPSA) is 86.8 Å². The standard InChI is InChI=1S/C23H25N3O4/c27-19(24-12-5-14-25-13-4-11-20(25)28)10-3-15-26-22(29)17-8-1-6-16-7-2-9-18(21(16)17)23(26)30/h1-2,6-9H,3-5,10-15H2,(H,24,27). The van der Waals surface area contributed by atoms with Crippen molar-refractivity contribution in [3.63, 3.8) is 0 Å². The van der Waals surface area contributed by atoms with Gasteiger partial charge in [-0.25, -0.2) is 0 Å². The first kappa shape index (κ1) is 20.1. The predicted molar refractivity (Wildman–Crippen MR) is 112 cm³/mol. The van der Waals surface area contributed by atoms with Crippen LogP contribution in [0.3, 0.4) is 0 Å². The SMILES string of the molecule is O=C(CCCN1C(=O)c2cccc3cccc(c23)C1=O)NCCCN1CCCC1=O. The molecule has 0 aliphatic carbocycles. The lowest BCUT2D eigenvalue weighted by molar-refractivity contribution is -0.127. The molecule has 2 aromatic rings. The number of amides is 4. The van der Waals surface area contributed by atoms with Gasteiger partial charge in [-0.05, 0) is 36.8 Å². The summed E-state index contributed by atoms with van der Waals surface area (Å²) in [6, 6.07) is 10.9. The molecule has 0 bridgehead atoms. The summed E-state index contributed by atoms with van der Waals surface area (Å²) >= 11 is 0. The second-order valence-electron chi connectivity index (χ2n) is 7.76. The smallest absolute Gasteiger partial charge is 0.261 e. The first-order valence-corrected chi connectivity index (χ1v) is 10.5. The molecule has 2 heterocycles. The fraction of sp³-hybridized carbons (Fsp3) is 0.391. The van der Waals surface area contributed by atoms with Crippen LogP contribution in [-0.2, 0) is 9.59 Å².